The summed E-state index contributed by atoms with van der Waals surface area (Å²) in [4.78, 5) is 13.3. The molecule has 0 atom stereocenters. The lowest BCUT2D eigenvalue weighted by molar-refractivity contribution is 0.189. The van der Waals surface area contributed by atoms with Crippen LogP contribution in [0.3, 0.4) is 0 Å². The normalized spacial score (nSPS) is 11.3. The maximum Gasteiger partial charge on any atom is 0.223 e. The van der Waals surface area contributed by atoms with Gasteiger partial charge in [0.15, 0.2) is 0 Å². The Hall–Kier alpha value is -3.13. The number of rotatable bonds is 6. The standard InChI is InChI=1S/C18H18N6O2/c1-12-21-18(23-26-12)13-6-8-19-14(11-13)16-17-15(5-3-7-20-17)24(22-16)9-4-10-25-2/h3,5-8,11H,4,9-10H2,1-2H3. The lowest BCUT2D eigenvalue weighted by Gasteiger charge is -2.02. The van der Waals surface area contributed by atoms with Gasteiger partial charge in [0.05, 0.1) is 11.2 Å². The van der Waals surface area contributed by atoms with Crippen molar-refractivity contribution in [2.75, 3.05) is 13.7 Å². The summed E-state index contributed by atoms with van der Waals surface area (Å²) in [5.41, 5.74) is 4.07. The molecule has 4 heterocycles. The van der Waals surface area contributed by atoms with E-state index in [0.717, 1.165) is 41.0 Å². The number of aryl methyl sites for hydroxylation is 2. The first-order valence-electron chi connectivity index (χ1n) is 8.34. The van der Waals surface area contributed by atoms with E-state index >= 15 is 0 Å². The van der Waals surface area contributed by atoms with Crippen LogP contribution in [0.4, 0.5) is 0 Å². The Labute approximate surface area is 149 Å². The van der Waals surface area contributed by atoms with Gasteiger partial charge in [0, 0.05) is 45.1 Å². The molecule has 0 N–H and O–H groups in total. The van der Waals surface area contributed by atoms with Crippen LogP contribution < -0.4 is 0 Å². The first-order chi connectivity index (χ1) is 12.8. The highest BCUT2D eigenvalue weighted by Gasteiger charge is 2.16. The molecule has 0 spiro atoms. The molecule has 0 aromatic carbocycles. The predicted octanol–water partition coefficient (Wildman–Crippen LogP) is 2.89. The van der Waals surface area contributed by atoms with E-state index in [-0.39, 0.29) is 0 Å². The largest absolute Gasteiger partial charge is 0.385 e. The van der Waals surface area contributed by atoms with Crippen LogP contribution in [0.2, 0.25) is 0 Å². The molecular weight excluding hydrogens is 332 g/mol. The number of ether oxygens (including phenoxy) is 1. The molecule has 0 aliphatic rings. The minimum absolute atomic E-state index is 0.521. The summed E-state index contributed by atoms with van der Waals surface area (Å²) in [6, 6.07) is 7.67. The van der Waals surface area contributed by atoms with Crippen molar-refractivity contribution in [3.63, 3.8) is 0 Å². The Morgan fingerprint density at radius 1 is 1.19 bits per heavy atom. The van der Waals surface area contributed by atoms with Gasteiger partial charge in [-0.25, -0.2) is 0 Å². The van der Waals surface area contributed by atoms with Crippen molar-refractivity contribution in [3.05, 3.63) is 42.5 Å². The first kappa shape index (κ1) is 16.3. The Kier molecular flexibility index (Phi) is 4.40. The second kappa shape index (κ2) is 7.01. The summed E-state index contributed by atoms with van der Waals surface area (Å²) in [6.45, 7) is 3.19. The van der Waals surface area contributed by atoms with E-state index in [0.29, 0.717) is 18.3 Å². The zero-order chi connectivity index (χ0) is 17.9. The van der Waals surface area contributed by atoms with Gasteiger partial charge in [-0.05, 0) is 30.7 Å². The van der Waals surface area contributed by atoms with Gasteiger partial charge in [0.2, 0.25) is 11.7 Å². The van der Waals surface area contributed by atoms with Crippen molar-refractivity contribution >= 4 is 11.0 Å². The molecule has 0 unspecified atom stereocenters. The summed E-state index contributed by atoms with van der Waals surface area (Å²) in [7, 11) is 1.70. The maximum atomic E-state index is 5.14. The molecule has 132 valence electrons. The molecule has 0 aliphatic carbocycles. The molecule has 26 heavy (non-hydrogen) atoms. The van der Waals surface area contributed by atoms with Crippen molar-refractivity contribution < 1.29 is 9.26 Å². The first-order valence-corrected chi connectivity index (χ1v) is 8.34. The van der Waals surface area contributed by atoms with E-state index in [4.69, 9.17) is 14.4 Å². The lowest BCUT2D eigenvalue weighted by atomic mass is 10.1. The summed E-state index contributed by atoms with van der Waals surface area (Å²) >= 11 is 0. The number of fused-ring (bicyclic) bond motifs is 1. The van der Waals surface area contributed by atoms with E-state index in [1.165, 1.54) is 0 Å². The summed E-state index contributed by atoms with van der Waals surface area (Å²) in [5, 5.41) is 8.71. The van der Waals surface area contributed by atoms with Gasteiger partial charge in [-0.15, -0.1) is 0 Å². The van der Waals surface area contributed by atoms with Crippen LogP contribution >= 0.6 is 0 Å². The number of nitrogens with zero attached hydrogens (tertiary/aromatic N) is 6. The molecule has 4 aromatic rings. The van der Waals surface area contributed by atoms with Gasteiger partial charge in [-0.3, -0.25) is 14.6 Å². The number of pyridine rings is 2. The second-order valence-electron chi connectivity index (χ2n) is 5.86. The zero-order valence-electron chi connectivity index (χ0n) is 14.6. The molecule has 4 aromatic heterocycles. The highest BCUT2D eigenvalue weighted by Crippen LogP contribution is 2.27. The molecule has 8 nitrogen and oxygen atoms in total. The van der Waals surface area contributed by atoms with Gasteiger partial charge < -0.3 is 9.26 Å². The lowest BCUT2D eigenvalue weighted by Crippen LogP contribution is -2.03. The molecule has 0 amide bonds. The second-order valence-corrected chi connectivity index (χ2v) is 5.86. The van der Waals surface area contributed by atoms with Gasteiger partial charge in [-0.2, -0.15) is 10.1 Å². The maximum absolute atomic E-state index is 5.14. The van der Waals surface area contributed by atoms with Crippen LogP contribution in [-0.2, 0) is 11.3 Å². The molecule has 0 radical (unpaired) electrons. The fraction of sp³-hybridized carbons (Fsp3) is 0.278. The molecular formula is C18H18N6O2. The zero-order valence-corrected chi connectivity index (χ0v) is 14.6. The fourth-order valence-electron chi connectivity index (χ4n) is 2.83. The molecule has 0 saturated carbocycles. The van der Waals surface area contributed by atoms with Crippen LogP contribution in [0.15, 0.2) is 41.2 Å². The monoisotopic (exact) mass is 350 g/mol. The molecule has 0 saturated heterocycles. The van der Waals surface area contributed by atoms with Crippen molar-refractivity contribution in [2.24, 2.45) is 0 Å². The Morgan fingerprint density at radius 2 is 2.12 bits per heavy atom. The van der Waals surface area contributed by atoms with Crippen LogP contribution in [0.25, 0.3) is 33.8 Å². The third kappa shape index (κ3) is 3.06. The van der Waals surface area contributed by atoms with Crippen LogP contribution in [0.5, 0.6) is 0 Å². The minimum atomic E-state index is 0.521. The molecule has 0 aliphatic heterocycles. The van der Waals surface area contributed by atoms with Gasteiger partial charge in [-0.1, -0.05) is 5.16 Å². The quantitative estimate of drug-likeness (QED) is 0.494. The third-order valence-corrected chi connectivity index (χ3v) is 4.02. The molecule has 0 bridgehead atoms. The number of hydrogen-bond acceptors (Lipinski definition) is 7. The van der Waals surface area contributed by atoms with E-state index in [9.17, 15) is 0 Å². The van der Waals surface area contributed by atoms with Crippen LogP contribution in [0.1, 0.15) is 12.3 Å². The molecule has 4 rings (SSSR count). The topological polar surface area (TPSA) is 91.8 Å². The predicted molar refractivity (Wildman–Crippen MR) is 95.3 cm³/mol. The SMILES string of the molecule is COCCCn1nc(-c2cc(-c3noc(C)n3)ccn2)c2ncccc21. The Balaban J connectivity index is 1.77. The smallest absolute Gasteiger partial charge is 0.223 e. The van der Waals surface area contributed by atoms with Crippen molar-refractivity contribution in [1.82, 2.24) is 29.9 Å². The van der Waals surface area contributed by atoms with Crippen molar-refractivity contribution in [3.8, 4) is 22.8 Å². The number of methoxy groups -OCH3 is 1. The molecule has 0 fully saturated rings. The van der Waals surface area contributed by atoms with Crippen molar-refractivity contribution in [1.29, 1.82) is 0 Å². The highest BCUT2D eigenvalue weighted by atomic mass is 16.5. The van der Waals surface area contributed by atoms with Gasteiger partial charge in [0.1, 0.15) is 11.2 Å². The Morgan fingerprint density at radius 3 is 2.92 bits per heavy atom. The van der Waals surface area contributed by atoms with E-state index in [1.807, 2.05) is 28.9 Å². The number of hydrogen-bond donors (Lipinski definition) is 0. The van der Waals surface area contributed by atoms with Crippen LogP contribution in [0, 0.1) is 6.92 Å². The minimum Gasteiger partial charge on any atom is -0.385 e. The fourth-order valence-corrected chi connectivity index (χ4v) is 2.83. The van der Waals surface area contributed by atoms with E-state index in [1.54, 1.807) is 26.4 Å². The third-order valence-electron chi connectivity index (χ3n) is 4.02. The Bertz CT molecular complexity index is 1040. The number of aromatic nitrogens is 6. The summed E-state index contributed by atoms with van der Waals surface area (Å²) < 4.78 is 12.2. The van der Waals surface area contributed by atoms with Crippen molar-refractivity contribution in [2.45, 2.75) is 19.9 Å². The highest BCUT2D eigenvalue weighted by molar-refractivity contribution is 5.89. The summed E-state index contributed by atoms with van der Waals surface area (Å²) in [6.07, 6.45) is 4.35. The van der Waals surface area contributed by atoms with Crippen LogP contribution in [-0.4, -0.2) is 43.6 Å². The van der Waals surface area contributed by atoms with E-state index < -0.39 is 0 Å². The van der Waals surface area contributed by atoms with Gasteiger partial charge in [0.25, 0.3) is 0 Å². The van der Waals surface area contributed by atoms with Gasteiger partial charge >= 0.3 is 0 Å². The average molecular weight is 350 g/mol. The van der Waals surface area contributed by atoms with E-state index in [2.05, 4.69) is 20.1 Å². The summed E-state index contributed by atoms with van der Waals surface area (Å²) in [5.74, 6) is 1.05. The average Bonchev–Trinajstić information content (AvgIpc) is 3.26. The molecule has 8 heteroatoms.